The van der Waals surface area contributed by atoms with Gasteiger partial charge in [0.1, 0.15) is 30.2 Å². The van der Waals surface area contributed by atoms with Gasteiger partial charge in [-0.15, -0.1) is 0 Å². The Labute approximate surface area is 198 Å². The Morgan fingerprint density at radius 3 is 2.88 bits per heavy atom. The summed E-state index contributed by atoms with van der Waals surface area (Å²) in [7, 11) is 1.87. The van der Waals surface area contributed by atoms with E-state index in [1.165, 1.54) is 6.07 Å². The van der Waals surface area contributed by atoms with Crippen LogP contribution in [-0.4, -0.2) is 55.1 Å². The number of rotatable bonds is 4. The molecule has 5 rings (SSSR count). The first-order valence-electron chi connectivity index (χ1n) is 9.95. The van der Waals surface area contributed by atoms with Crippen LogP contribution in [0.3, 0.4) is 0 Å². The summed E-state index contributed by atoms with van der Waals surface area (Å²) >= 11 is 2.27. The quantitative estimate of drug-likeness (QED) is 0.214. The van der Waals surface area contributed by atoms with E-state index in [1.54, 1.807) is 35.2 Å². The second-order valence-corrected chi connectivity index (χ2v) is 9.49. The van der Waals surface area contributed by atoms with Crippen LogP contribution in [0.15, 0.2) is 55.0 Å². The van der Waals surface area contributed by atoms with Crippen molar-refractivity contribution >= 4 is 51.1 Å². The van der Waals surface area contributed by atoms with Gasteiger partial charge in [0, 0.05) is 30.4 Å². The maximum absolute atomic E-state index is 14.5. The minimum absolute atomic E-state index is 0.182. The van der Waals surface area contributed by atoms with Gasteiger partial charge in [0.25, 0.3) is 0 Å². The van der Waals surface area contributed by atoms with Gasteiger partial charge in [-0.2, -0.15) is 9.67 Å². The summed E-state index contributed by atoms with van der Waals surface area (Å²) in [6, 6.07) is 10.3. The normalized spacial score (nSPS) is 14.7. The molecule has 162 valence electrons. The van der Waals surface area contributed by atoms with Crippen molar-refractivity contribution in [3.8, 4) is 11.3 Å². The van der Waals surface area contributed by atoms with Gasteiger partial charge in [0.2, 0.25) is 5.71 Å². The number of hydrogen-bond acceptors (Lipinski definition) is 4. The summed E-state index contributed by atoms with van der Waals surface area (Å²) in [6.07, 6.45) is 6.05. The maximum Gasteiger partial charge on any atom is 0.422 e. The van der Waals surface area contributed by atoms with Crippen molar-refractivity contribution in [1.29, 1.82) is 0 Å². The van der Waals surface area contributed by atoms with Gasteiger partial charge in [-0.1, -0.05) is 12.1 Å². The molecule has 1 aliphatic heterocycles. The number of ether oxygens (including phenoxy) is 1. The first-order chi connectivity index (χ1) is 15.6. The Morgan fingerprint density at radius 1 is 1.25 bits per heavy atom. The summed E-state index contributed by atoms with van der Waals surface area (Å²) in [5.74, 6) is -0.562. The van der Waals surface area contributed by atoms with Crippen LogP contribution >= 0.6 is 28.4 Å². The van der Waals surface area contributed by atoms with Crippen molar-refractivity contribution in [1.82, 2.24) is 19.1 Å². The van der Waals surface area contributed by atoms with Crippen molar-refractivity contribution in [2.24, 2.45) is 7.05 Å². The summed E-state index contributed by atoms with van der Waals surface area (Å²) in [6.45, 7) is 0.945. The lowest BCUT2D eigenvalue weighted by Crippen LogP contribution is -2.38. The van der Waals surface area contributed by atoms with Gasteiger partial charge in [-0.3, -0.25) is 0 Å². The number of pyridine rings is 1. The number of aryl methyl sites for hydroxylation is 1. The second-order valence-electron chi connectivity index (χ2n) is 7.42. The molecule has 0 aliphatic carbocycles. The molecule has 0 fully saturated rings. The van der Waals surface area contributed by atoms with Crippen molar-refractivity contribution < 1.29 is 18.5 Å². The van der Waals surface area contributed by atoms with Crippen LogP contribution in [0.1, 0.15) is 15.9 Å². The summed E-state index contributed by atoms with van der Waals surface area (Å²) < 4.78 is 25.4. The Balaban J connectivity index is 1.59. The van der Waals surface area contributed by atoms with Crippen LogP contribution in [-0.2, 0) is 11.8 Å². The molecule has 1 unspecified atom stereocenters. The minimum atomic E-state index is -0.373. The molecule has 1 aliphatic rings. The van der Waals surface area contributed by atoms with E-state index in [-0.39, 0.29) is 18.3 Å². The van der Waals surface area contributed by atoms with Crippen LogP contribution in [0.2, 0.25) is 0 Å². The van der Waals surface area contributed by atoms with Crippen LogP contribution in [0.25, 0.3) is 22.3 Å². The van der Waals surface area contributed by atoms with E-state index in [4.69, 9.17) is 9.72 Å². The average Bonchev–Trinajstić information content (AvgIpc) is 3.43. The first kappa shape index (κ1) is 21.4. The Hall–Kier alpha value is -2.49. The smallest absolute Gasteiger partial charge is 0.364 e. The zero-order valence-corrected chi connectivity index (χ0v) is 20.3. The second kappa shape index (κ2) is 8.80. The van der Waals surface area contributed by atoms with E-state index < -0.39 is 0 Å². The van der Waals surface area contributed by atoms with Crippen molar-refractivity contribution in [3.63, 3.8) is 0 Å². The minimum Gasteiger partial charge on any atom is -0.364 e. The monoisotopic (exact) mass is 562 g/mol. The number of fused-ring (bicyclic) bond motifs is 1. The van der Waals surface area contributed by atoms with Gasteiger partial charge in [0.05, 0.1) is 23.8 Å². The van der Waals surface area contributed by atoms with Crippen molar-refractivity contribution in [2.75, 3.05) is 19.8 Å². The lowest BCUT2D eigenvalue weighted by Gasteiger charge is -2.14. The Morgan fingerprint density at radius 2 is 2.09 bits per heavy atom. The third-order valence-corrected chi connectivity index (χ3v) is 7.37. The molecule has 32 heavy (non-hydrogen) atoms. The number of hydrogen-bond donors (Lipinski definition) is 0. The molecular formula is C22H19FIN5O2P+. The van der Waals surface area contributed by atoms with E-state index >= 15 is 0 Å². The largest absolute Gasteiger partial charge is 0.422 e. The lowest BCUT2D eigenvalue weighted by molar-refractivity contribution is -0.443. The maximum atomic E-state index is 14.5. The number of carbonyl (C=O) groups is 1. The van der Waals surface area contributed by atoms with Gasteiger partial charge in [-0.25, -0.2) is 18.6 Å². The van der Waals surface area contributed by atoms with E-state index in [2.05, 4.69) is 27.1 Å². The highest BCUT2D eigenvalue weighted by molar-refractivity contribution is 14.2. The number of benzene rings is 1. The van der Waals surface area contributed by atoms with Gasteiger partial charge >= 0.3 is 5.91 Å². The highest BCUT2D eigenvalue weighted by Crippen LogP contribution is 2.28. The number of nitrogens with zero attached hydrogens (tertiary/aromatic N) is 5. The molecule has 7 nitrogen and oxygen atoms in total. The van der Waals surface area contributed by atoms with E-state index in [9.17, 15) is 9.18 Å². The zero-order chi connectivity index (χ0) is 22.2. The Bertz CT molecular complexity index is 1380. The van der Waals surface area contributed by atoms with Crippen molar-refractivity contribution in [3.05, 3.63) is 71.9 Å². The fraction of sp³-hybridized carbons (Fsp3) is 0.182. The summed E-state index contributed by atoms with van der Waals surface area (Å²) in [4.78, 5) is 18.4. The van der Waals surface area contributed by atoms with Crippen LogP contribution in [0.5, 0.6) is 0 Å². The molecule has 0 N–H and O–H groups in total. The third-order valence-electron chi connectivity index (χ3n) is 5.47. The summed E-state index contributed by atoms with van der Waals surface area (Å²) in [5.41, 5.74) is 3.87. The highest BCUT2D eigenvalue weighted by atomic mass is 127. The molecule has 1 aromatic carbocycles. The highest BCUT2D eigenvalue weighted by Gasteiger charge is 2.33. The fourth-order valence-electron chi connectivity index (χ4n) is 3.91. The van der Waals surface area contributed by atoms with Gasteiger partial charge < -0.3 is 9.30 Å². The predicted octanol–water partition coefficient (Wildman–Crippen LogP) is 4.04. The molecule has 4 aromatic rings. The lowest BCUT2D eigenvalue weighted by atomic mass is 10.1. The molecule has 0 saturated carbocycles. The molecule has 3 aromatic heterocycles. The van der Waals surface area contributed by atoms with Crippen LogP contribution in [0.4, 0.5) is 4.39 Å². The van der Waals surface area contributed by atoms with Gasteiger partial charge in [0.15, 0.2) is 6.54 Å². The SMILES string of the molecule is Cn1cc(C(=O)[N+]2=C(c3ccccc3F)COCC2)c2ccc(-c3cnn(PI)c3)nc21. The third kappa shape index (κ3) is 3.78. The zero-order valence-electron chi connectivity index (χ0n) is 17.1. The number of aromatic nitrogens is 4. The fourth-order valence-corrected chi connectivity index (χ4v) is 4.99. The molecule has 4 heterocycles. The molecule has 0 bridgehead atoms. The molecular weight excluding hydrogens is 543 g/mol. The van der Waals surface area contributed by atoms with E-state index in [0.29, 0.717) is 42.0 Å². The van der Waals surface area contributed by atoms with Crippen LogP contribution in [0, 0.1) is 5.82 Å². The average molecular weight is 562 g/mol. The van der Waals surface area contributed by atoms with Gasteiger partial charge in [-0.05, 0) is 46.3 Å². The molecule has 0 radical (unpaired) electrons. The molecule has 1 amide bonds. The van der Waals surface area contributed by atoms with Crippen molar-refractivity contribution in [2.45, 2.75) is 0 Å². The molecule has 10 heteroatoms. The predicted molar refractivity (Wildman–Crippen MR) is 130 cm³/mol. The molecule has 0 spiro atoms. The summed E-state index contributed by atoms with van der Waals surface area (Å²) in [5, 5.41) is 5.07. The number of carbonyl (C=O) groups excluding carboxylic acids is 1. The first-order valence-corrected chi connectivity index (χ1v) is 14.0. The standard InChI is InChI=1S/C22H19FIN5O2P/c1-27-12-17(15-6-7-19(26-21(15)27)14-10-25-29(11-14)32-24)22(30)28-8-9-31-13-20(28)16-4-2-3-5-18(16)23/h2-7,10-12,32H,8-9,13H2,1H3/q+1. The van der Waals surface area contributed by atoms with E-state index in [0.717, 1.165) is 16.6 Å². The topological polar surface area (TPSA) is 64.9 Å². The molecule has 1 atom stereocenters. The molecule has 0 saturated heterocycles. The van der Waals surface area contributed by atoms with E-state index in [1.807, 2.05) is 34.4 Å². The Kier molecular flexibility index (Phi) is 5.88. The van der Waals surface area contributed by atoms with Crippen LogP contribution < -0.4 is 0 Å². The number of halogens is 2. The number of amides is 1.